The lowest BCUT2D eigenvalue weighted by Crippen LogP contribution is -2.28. The number of thioether (sulfide) groups is 1. The fourth-order valence-corrected chi connectivity index (χ4v) is 3.37. The summed E-state index contributed by atoms with van der Waals surface area (Å²) in [5.41, 5.74) is 3.13. The van der Waals surface area contributed by atoms with Crippen LogP contribution in [-0.2, 0) is 11.8 Å². The Balaban J connectivity index is 1.94. The molecule has 0 aliphatic carbocycles. The van der Waals surface area contributed by atoms with Crippen molar-refractivity contribution in [1.29, 1.82) is 0 Å². The van der Waals surface area contributed by atoms with Crippen LogP contribution in [0.4, 0.5) is 0 Å². The highest BCUT2D eigenvalue weighted by Crippen LogP contribution is 2.24. The summed E-state index contributed by atoms with van der Waals surface area (Å²) < 4.78 is 7.04. The smallest absolute Gasteiger partial charge is 0.230 e. The van der Waals surface area contributed by atoms with Crippen molar-refractivity contribution in [3.05, 3.63) is 41.2 Å². The summed E-state index contributed by atoms with van der Waals surface area (Å²) in [5, 5.41) is 7.44. The molecule has 5 nitrogen and oxygen atoms in total. The number of amides is 1. The van der Waals surface area contributed by atoms with E-state index in [2.05, 4.69) is 10.4 Å². The number of nitrogens with one attached hydrogen (secondary N) is 1. The van der Waals surface area contributed by atoms with Gasteiger partial charge in [-0.25, -0.2) is 0 Å². The zero-order valence-corrected chi connectivity index (χ0v) is 15.0. The number of carbonyl (C=O) groups excluding carboxylic acids is 1. The highest BCUT2D eigenvalue weighted by Gasteiger charge is 2.18. The highest BCUT2D eigenvalue weighted by atomic mass is 32.2. The SMILES string of the molecule is COc1cccc(SCC(=O)NC(C)c2c(C)nn(C)c2C)c1. The Kier molecular flexibility index (Phi) is 5.71. The summed E-state index contributed by atoms with van der Waals surface area (Å²) in [6.07, 6.45) is 0. The Labute approximate surface area is 141 Å². The van der Waals surface area contributed by atoms with Crippen molar-refractivity contribution in [2.24, 2.45) is 7.05 Å². The van der Waals surface area contributed by atoms with E-state index in [0.29, 0.717) is 5.75 Å². The van der Waals surface area contributed by atoms with E-state index in [4.69, 9.17) is 4.74 Å². The van der Waals surface area contributed by atoms with Crippen molar-refractivity contribution in [2.75, 3.05) is 12.9 Å². The van der Waals surface area contributed by atoms with E-state index in [9.17, 15) is 4.79 Å². The Hall–Kier alpha value is -1.95. The molecule has 124 valence electrons. The lowest BCUT2D eigenvalue weighted by molar-refractivity contribution is -0.119. The van der Waals surface area contributed by atoms with Crippen LogP contribution < -0.4 is 10.1 Å². The van der Waals surface area contributed by atoms with Gasteiger partial charge in [0.15, 0.2) is 0 Å². The van der Waals surface area contributed by atoms with Crippen LogP contribution in [0.5, 0.6) is 5.75 Å². The molecule has 0 fully saturated rings. The van der Waals surface area contributed by atoms with Crippen molar-refractivity contribution >= 4 is 17.7 Å². The first-order chi connectivity index (χ1) is 10.9. The van der Waals surface area contributed by atoms with Gasteiger partial charge in [-0.15, -0.1) is 11.8 Å². The average Bonchev–Trinajstić information content (AvgIpc) is 2.78. The highest BCUT2D eigenvalue weighted by molar-refractivity contribution is 8.00. The third-order valence-corrected chi connectivity index (χ3v) is 4.78. The molecule has 1 amide bonds. The number of aryl methyl sites for hydroxylation is 2. The summed E-state index contributed by atoms with van der Waals surface area (Å²) in [4.78, 5) is 13.2. The van der Waals surface area contributed by atoms with Crippen LogP contribution in [0.25, 0.3) is 0 Å². The molecule has 1 atom stereocenters. The van der Waals surface area contributed by atoms with E-state index in [1.54, 1.807) is 7.11 Å². The minimum absolute atomic E-state index is 0.00738. The molecule has 2 rings (SSSR count). The maximum Gasteiger partial charge on any atom is 0.230 e. The molecule has 0 aliphatic rings. The van der Waals surface area contributed by atoms with E-state index in [-0.39, 0.29) is 11.9 Å². The third kappa shape index (κ3) is 4.28. The second-order valence-electron chi connectivity index (χ2n) is 5.46. The van der Waals surface area contributed by atoms with Crippen LogP contribution in [-0.4, -0.2) is 28.6 Å². The quantitative estimate of drug-likeness (QED) is 0.826. The van der Waals surface area contributed by atoms with Gasteiger partial charge in [0, 0.05) is 23.2 Å². The molecule has 1 unspecified atom stereocenters. The third-order valence-electron chi connectivity index (χ3n) is 3.79. The number of nitrogens with zero attached hydrogens (tertiary/aromatic N) is 2. The Morgan fingerprint density at radius 2 is 2.17 bits per heavy atom. The standard InChI is InChI=1S/C17H23N3O2S/c1-11(17-12(2)19-20(4)13(17)3)18-16(21)10-23-15-8-6-7-14(9-15)22-5/h6-9,11H,10H2,1-5H3,(H,18,21). The minimum atomic E-state index is -0.0536. The zero-order chi connectivity index (χ0) is 17.0. The van der Waals surface area contributed by atoms with Crippen LogP contribution in [0.15, 0.2) is 29.2 Å². The van der Waals surface area contributed by atoms with Gasteiger partial charge < -0.3 is 10.1 Å². The Morgan fingerprint density at radius 3 is 2.78 bits per heavy atom. The monoisotopic (exact) mass is 333 g/mol. The number of hydrogen-bond acceptors (Lipinski definition) is 4. The van der Waals surface area contributed by atoms with Crippen molar-refractivity contribution in [2.45, 2.75) is 31.7 Å². The van der Waals surface area contributed by atoms with Gasteiger partial charge in [-0.05, 0) is 39.0 Å². The van der Waals surface area contributed by atoms with E-state index in [0.717, 1.165) is 27.6 Å². The van der Waals surface area contributed by atoms with Gasteiger partial charge in [0.1, 0.15) is 5.75 Å². The molecule has 0 spiro atoms. The summed E-state index contributed by atoms with van der Waals surface area (Å²) in [5.74, 6) is 1.17. The largest absolute Gasteiger partial charge is 0.497 e. The Morgan fingerprint density at radius 1 is 1.43 bits per heavy atom. The van der Waals surface area contributed by atoms with Crippen LogP contribution in [0.2, 0.25) is 0 Å². The molecule has 0 radical (unpaired) electrons. The number of ether oxygens (including phenoxy) is 1. The predicted molar refractivity (Wildman–Crippen MR) is 93.0 cm³/mol. The minimum Gasteiger partial charge on any atom is -0.497 e. The molecule has 1 aromatic carbocycles. The zero-order valence-electron chi connectivity index (χ0n) is 14.2. The first-order valence-corrected chi connectivity index (χ1v) is 8.47. The van der Waals surface area contributed by atoms with Crippen LogP contribution in [0.3, 0.4) is 0 Å². The number of rotatable bonds is 6. The van der Waals surface area contributed by atoms with Crippen LogP contribution in [0, 0.1) is 13.8 Å². The van der Waals surface area contributed by atoms with E-state index >= 15 is 0 Å². The van der Waals surface area contributed by atoms with Gasteiger partial charge in [-0.3, -0.25) is 9.48 Å². The molecule has 0 aliphatic heterocycles. The molecule has 0 bridgehead atoms. The van der Waals surface area contributed by atoms with Crippen LogP contribution in [0.1, 0.15) is 29.9 Å². The first kappa shape index (κ1) is 17.4. The molecule has 0 saturated carbocycles. The maximum atomic E-state index is 12.2. The number of carbonyl (C=O) groups is 1. The van der Waals surface area contributed by atoms with Crippen molar-refractivity contribution in [3.63, 3.8) is 0 Å². The lowest BCUT2D eigenvalue weighted by atomic mass is 10.1. The van der Waals surface area contributed by atoms with E-state index < -0.39 is 0 Å². The van der Waals surface area contributed by atoms with Gasteiger partial charge in [-0.2, -0.15) is 5.10 Å². The fourth-order valence-electron chi connectivity index (χ4n) is 2.61. The first-order valence-electron chi connectivity index (χ1n) is 7.48. The molecule has 6 heteroatoms. The number of hydrogen-bond donors (Lipinski definition) is 1. The molecule has 1 N–H and O–H groups in total. The van der Waals surface area contributed by atoms with Gasteiger partial charge in [0.2, 0.25) is 5.91 Å². The number of aromatic nitrogens is 2. The van der Waals surface area contributed by atoms with Crippen molar-refractivity contribution in [3.8, 4) is 5.75 Å². The molecule has 1 heterocycles. The van der Waals surface area contributed by atoms with Gasteiger partial charge >= 0.3 is 0 Å². The van der Waals surface area contributed by atoms with Gasteiger partial charge in [-0.1, -0.05) is 6.07 Å². The van der Waals surface area contributed by atoms with E-state index in [1.165, 1.54) is 11.8 Å². The Bertz CT molecular complexity index is 697. The fraction of sp³-hybridized carbons (Fsp3) is 0.412. The second-order valence-corrected chi connectivity index (χ2v) is 6.51. The summed E-state index contributed by atoms with van der Waals surface area (Å²) >= 11 is 1.50. The second kappa shape index (κ2) is 7.55. The van der Waals surface area contributed by atoms with Crippen LogP contribution >= 0.6 is 11.8 Å². The predicted octanol–water partition coefficient (Wildman–Crippen LogP) is 3.02. The van der Waals surface area contributed by atoms with Gasteiger partial charge in [0.25, 0.3) is 0 Å². The summed E-state index contributed by atoms with van der Waals surface area (Å²) in [6, 6.07) is 7.66. The van der Waals surface area contributed by atoms with E-state index in [1.807, 2.05) is 56.8 Å². The van der Waals surface area contributed by atoms with Crippen molar-refractivity contribution in [1.82, 2.24) is 15.1 Å². The number of methoxy groups -OCH3 is 1. The number of benzene rings is 1. The van der Waals surface area contributed by atoms with Crippen molar-refractivity contribution < 1.29 is 9.53 Å². The van der Waals surface area contributed by atoms with Gasteiger partial charge in [0.05, 0.1) is 24.6 Å². The normalized spacial score (nSPS) is 12.0. The summed E-state index contributed by atoms with van der Waals surface area (Å²) in [6.45, 7) is 5.98. The molecule has 0 saturated heterocycles. The molecule has 1 aromatic heterocycles. The molecule has 2 aromatic rings. The molecular weight excluding hydrogens is 310 g/mol. The summed E-state index contributed by atoms with van der Waals surface area (Å²) in [7, 11) is 3.55. The molecule has 23 heavy (non-hydrogen) atoms. The lowest BCUT2D eigenvalue weighted by Gasteiger charge is -2.15. The molecular formula is C17H23N3O2S. The average molecular weight is 333 g/mol. The topological polar surface area (TPSA) is 56.1 Å². The maximum absolute atomic E-state index is 12.2.